The van der Waals surface area contributed by atoms with Gasteiger partial charge in [-0.2, -0.15) is 0 Å². The monoisotopic (exact) mass is 971 g/mol. The summed E-state index contributed by atoms with van der Waals surface area (Å²) in [5, 5.41) is 106. The van der Waals surface area contributed by atoms with Gasteiger partial charge < -0.3 is 84.2 Å². The fourth-order valence-electron chi connectivity index (χ4n) is 15.1. The predicted octanol–water partition coefficient (Wildman–Crippen LogP) is 0.321. The zero-order valence-electron chi connectivity index (χ0n) is 40.7. The molecule has 0 spiro atoms. The van der Waals surface area contributed by atoms with Crippen LogP contribution in [0.1, 0.15) is 113 Å². The van der Waals surface area contributed by atoms with Crippen LogP contribution in [0, 0.1) is 50.2 Å². The molecule has 23 atom stereocenters. The van der Waals surface area contributed by atoms with Crippen LogP contribution in [0.2, 0.25) is 0 Å². The van der Waals surface area contributed by atoms with Crippen LogP contribution in [-0.4, -0.2) is 182 Å². The lowest BCUT2D eigenvalue weighted by Crippen LogP contribution is -2.67. The zero-order valence-corrected chi connectivity index (χ0v) is 40.7. The summed E-state index contributed by atoms with van der Waals surface area (Å²) in [7, 11) is 1.12. The Morgan fingerprint density at radius 2 is 1.25 bits per heavy atom. The molecular formula is C49H78O19. The number of methoxy groups -OCH3 is 1. The summed E-state index contributed by atoms with van der Waals surface area (Å²) in [6.07, 6.45) is -15.5. The van der Waals surface area contributed by atoms with Crippen LogP contribution >= 0.6 is 0 Å². The number of hydrogen-bond acceptors (Lipinski definition) is 19. The fraction of sp³-hybridized carbons (Fsp3) is 0.918. The third-order valence-electron chi connectivity index (χ3n) is 19.5. The van der Waals surface area contributed by atoms with Crippen molar-refractivity contribution in [3.8, 4) is 0 Å². The number of esters is 2. The number of fused-ring (bicyclic) bond motifs is 7. The molecule has 3 saturated heterocycles. The van der Waals surface area contributed by atoms with Crippen LogP contribution in [0.25, 0.3) is 0 Å². The highest BCUT2D eigenvalue weighted by atomic mass is 16.8. The van der Waals surface area contributed by atoms with Crippen LogP contribution in [0.5, 0.6) is 0 Å². The summed E-state index contributed by atoms with van der Waals surface area (Å²) in [5.74, 6) is -1.30. The van der Waals surface area contributed by atoms with Gasteiger partial charge in [0, 0.05) is 0 Å². The van der Waals surface area contributed by atoms with E-state index in [2.05, 4.69) is 54.5 Å². The zero-order chi connectivity index (χ0) is 49.8. The summed E-state index contributed by atoms with van der Waals surface area (Å²) in [6.45, 7) is 14.6. The largest absolute Gasteiger partial charge is 0.467 e. The third kappa shape index (κ3) is 8.13. The number of hydrogen-bond donors (Lipinski definition) is 10. The molecule has 4 saturated carbocycles. The number of aliphatic hydroxyl groups is 10. The van der Waals surface area contributed by atoms with Crippen LogP contribution in [0.4, 0.5) is 0 Å². The minimum absolute atomic E-state index is 0.0770. The Kier molecular flexibility index (Phi) is 14.3. The summed E-state index contributed by atoms with van der Waals surface area (Å²) in [6, 6.07) is 0. The van der Waals surface area contributed by atoms with E-state index in [0.717, 1.165) is 45.6 Å². The molecule has 7 fully saturated rings. The molecule has 0 radical (unpaired) electrons. The smallest absolute Gasteiger partial charge is 0.337 e. The summed E-state index contributed by atoms with van der Waals surface area (Å²) in [5.41, 5.74) is -0.950. The molecule has 0 aromatic carbocycles. The molecule has 8 aliphatic rings. The minimum Gasteiger partial charge on any atom is -0.467 e. The fourth-order valence-corrected chi connectivity index (χ4v) is 15.1. The average Bonchev–Trinajstić information content (AvgIpc) is 3.29. The molecule has 10 N–H and O–H groups in total. The molecule has 0 bridgehead atoms. The lowest BCUT2D eigenvalue weighted by Gasteiger charge is -2.71. The topological polar surface area (TPSA) is 301 Å². The Morgan fingerprint density at radius 1 is 0.647 bits per heavy atom. The number of rotatable bonds is 9. The molecule has 19 nitrogen and oxygen atoms in total. The molecule has 0 aromatic rings. The molecule has 0 aromatic heterocycles. The summed E-state index contributed by atoms with van der Waals surface area (Å²) >= 11 is 0. The Morgan fingerprint density at radius 3 is 1.87 bits per heavy atom. The van der Waals surface area contributed by atoms with E-state index in [-0.39, 0.29) is 39.4 Å². The van der Waals surface area contributed by atoms with E-state index in [9.17, 15) is 60.7 Å². The highest BCUT2D eigenvalue weighted by Crippen LogP contribution is 2.76. The van der Waals surface area contributed by atoms with Gasteiger partial charge in [-0.15, -0.1) is 0 Å². The van der Waals surface area contributed by atoms with E-state index in [1.165, 1.54) is 5.57 Å². The molecule has 0 amide bonds. The van der Waals surface area contributed by atoms with Crippen molar-refractivity contribution >= 4 is 11.9 Å². The van der Waals surface area contributed by atoms with Gasteiger partial charge in [-0.25, -0.2) is 4.79 Å². The van der Waals surface area contributed by atoms with Crippen LogP contribution in [0.15, 0.2) is 11.6 Å². The second-order valence-corrected chi connectivity index (χ2v) is 23.7. The first kappa shape index (κ1) is 52.4. The first-order valence-electron chi connectivity index (χ1n) is 24.7. The second kappa shape index (κ2) is 18.5. The Bertz CT molecular complexity index is 1890. The van der Waals surface area contributed by atoms with E-state index >= 15 is 0 Å². The van der Waals surface area contributed by atoms with E-state index in [1.807, 2.05) is 0 Å². The number of ether oxygens (including phenoxy) is 7. The maximum atomic E-state index is 14.7. The third-order valence-corrected chi connectivity index (χ3v) is 19.5. The number of carbonyl (C=O) groups excluding carboxylic acids is 2. The van der Waals surface area contributed by atoms with Crippen molar-refractivity contribution in [1.29, 1.82) is 0 Å². The van der Waals surface area contributed by atoms with Crippen molar-refractivity contribution in [2.24, 2.45) is 50.2 Å². The highest BCUT2D eigenvalue weighted by Gasteiger charge is 2.70. The summed E-state index contributed by atoms with van der Waals surface area (Å²) < 4.78 is 41.0. The Balaban J connectivity index is 1.05. The maximum absolute atomic E-state index is 14.7. The number of carbonyl (C=O) groups is 2. The Hall–Kier alpha value is -1.92. The van der Waals surface area contributed by atoms with Gasteiger partial charge in [0.15, 0.2) is 18.7 Å². The van der Waals surface area contributed by atoms with E-state index in [4.69, 9.17) is 33.2 Å². The van der Waals surface area contributed by atoms with Crippen molar-refractivity contribution in [3.63, 3.8) is 0 Å². The first-order valence-corrected chi connectivity index (χ1v) is 24.7. The SMILES string of the molecule is COC(=O)[C@H]1O[C@@H](O[C@H]2CC[C@@]3(C)C(CC[C@]4(C)[C@@H]3CC=C3C5CC(C)(C)CC[C@]5(C(=O)O[C@@H]5O[C@H](CO)[C@@H](O)[C@H](O)[C@H]5O)CC[C@]34C)C2(C)C)[C@H](O[C@@H]2O[C@H](CO)[C@@H](O)[C@H](O)[C@H]2O)[C@@H](O)[C@@H]1O. The second-order valence-electron chi connectivity index (χ2n) is 23.7. The molecule has 5 aliphatic carbocycles. The quantitative estimate of drug-likeness (QED) is 0.0846. The number of allylic oxidation sites excluding steroid dienone is 2. The van der Waals surface area contributed by atoms with E-state index < -0.39 is 134 Å². The van der Waals surface area contributed by atoms with Gasteiger partial charge >= 0.3 is 11.9 Å². The normalized spacial score (nSPS) is 52.0. The van der Waals surface area contributed by atoms with Gasteiger partial charge in [-0.05, 0) is 109 Å². The molecular weight excluding hydrogens is 893 g/mol. The highest BCUT2D eigenvalue weighted by molar-refractivity contribution is 5.79. The average molecular weight is 971 g/mol. The predicted molar refractivity (Wildman–Crippen MR) is 235 cm³/mol. The van der Waals surface area contributed by atoms with Crippen LogP contribution < -0.4 is 0 Å². The first-order chi connectivity index (χ1) is 31.8. The Labute approximate surface area is 398 Å². The van der Waals surface area contributed by atoms with Crippen LogP contribution in [0.3, 0.4) is 0 Å². The van der Waals surface area contributed by atoms with Gasteiger partial charge in [-0.1, -0.05) is 60.1 Å². The molecule has 3 heterocycles. The molecule has 8 rings (SSSR count). The lowest BCUT2D eigenvalue weighted by atomic mass is 9.33. The van der Waals surface area contributed by atoms with Gasteiger partial charge in [0.05, 0.1) is 31.8 Å². The van der Waals surface area contributed by atoms with Gasteiger partial charge in [0.1, 0.15) is 67.1 Å². The maximum Gasteiger partial charge on any atom is 0.337 e. The number of aliphatic hydroxyl groups excluding tert-OH is 10. The van der Waals surface area contributed by atoms with Gasteiger partial charge in [0.2, 0.25) is 6.29 Å². The molecule has 3 aliphatic heterocycles. The standard InChI is InChI=1S/C49H78O19/c1-44(2)15-17-49(43(61)68-41-36(59)32(55)30(53)25(21-51)64-41)18-16-47(6)22(23(49)19-44)9-10-27-46(5)13-12-28(45(3,4)26(46)11-14-48(27,47)7)65-42-38(34(57)33(56)37(66-42)39(60)62-8)67-40-35(58)31(54)29(52)24(20-50)63-40/h9,23-38,40-42,50-59H,10-21H2,1-8H3/t23?,24-,25-,26?,27-,28+,29-,30-,31+,32+,33+,34+,35-,36-,37+,38-,40+,41+,42-,46+,47-,48-,49+/m1/s1. The lowest BCUT2D eigenvalue weighted by molar-refractivity contribution is -0.374. The van der Waals surface area contributed by atoms with E-state index in [0.29, 0.717) is 25.7 Å². The van der Waals surface area contributed by atoms with Crippen molar-refractivity contribution in [2.45, 2.75) is 211 Å². The molecule has 19 heteroatoms. The minimum atomic E-state index is -1.85. The molecule has 2 unspecified atom stereocenters. The van der Waals surface area contributed by atoms with Gasteiger partial charge in [0.25, 0.3) is 0 Å². The van der Waals surface area contributed by atoms with Gasteiger partial charge in [-0.3, -0.25) is 4.79 Å². The van der Waals surface area contributed by atoms with E-state index in [1.54, 1.807) is 0 Å². The van der Waals surface area contributed by atoms with Crippen molar-refractivity contribution in [2.75, 3.05) is 20.3 Å². The van der Waals surface area contributed by atoms with Crippen molar-refractivity contribution in [1.82, 2.24) is 0 Å². The summed E-state index contributed by atoms with van der Waals surface area (Å²) in [4.78, 5) is 27.6. The molecule has 388 valence electrons. The van der Waals surface area contributed by atoms with Crippen LogP contribution in [-0.2, 0) is 42.7 Å². The van der Waals surface area contributed by atoms with Crippen molar-refractivity contribution < 1.29 is 93.8 Å². The molecule has 68 heavy (non-hydrogen) atoms. The van der Waals surface area contributed by atoms with Crippen molar-refractivity contribution in [3.05, 3.63) is 11.6 Å².